The van der Waals surface area contributed by atoms with Crippen molar-refractivity contribution in [2.24, 2.45) is 10.7 Å². The van der Waals surface area contributed by atoms with Crippen LogP contribution in [0.2, 0.25) is 0 Å². The highest BCUT2D eigenvalue weighted by atomic mass is 127. The molecule has 0 aliphatic heterocycles. The first kappa shape index (κ1) is 17.3. The molecule has 0 radical (unpaired) electrons. The topological polar surface area (TPSA) is 50.4 Å². The minimum Gasteiger partial charge on any atom is -0.370 e. The van der Waals surface area contributed by atoms with Crippen LogP contribution >= 0.6 is 24.0 Å². The van der Waals surface area contributed by atoms with Crippen molar-refractivity contribution < 1.29 is 0 Å². The molecule has 0 aromatic heterocycles. The summed E-state index contributed by atoms with van der Waals surface area (Å²) in [6.07, 6.45) is 3.40. The Balaban J connectivity index is 0.00000200. The normalized spacial score (nSPS) is 15.7. The summed E-state index contributed by atoms with van der Waals surface area (Å²) < 4.78 is 0. The molecule has 0 atom stereocenters. The Labute approximate surface area is 139 Å². The van der Waals surface area contributed by atoms with E-state index in [2.05, 4.69) is 55.3 Å². The molecule has 0 spiro atoms. The standard InChI is InChI=1S/C16H25N3.HI/c1-16(2,3)13-6-4-12(5-7-13)10-11-18-15(17)19-14-8-9-14;/h4-7,14H,8-11H2,1-3H3,(H3,17,18,19);1H. The number of rotatable bonds is 4. The van der Waals surface area contributed by atoms with Crippen LogP contribution in [0.4, 0.5) is 0 Å². The molecule has 4 heteroatoms. The molecule has 0 heterocycles. The first-order valence-electron chi connectivity index (χ1n) is 7.11. The molecule has 1 fully saturated rings. The van der Waals surface area contributed by atoms with E-state index in [-0.39, 0.29) is 29.4 Å². The van der Waals surface area contributed by atoms with Crippen LogP contribution in [0.1, 0.15) is 44.7 Å². The predicted molar refractivity (Wildman–Crippen MR) is 96.9 cm³/mol. The maximum absolute atomic E-state index is 5.80. The fourth-order valence-electron chi connectivity index (χ4n) is 1.96. The second kappa shape index (κ2) is 7.29. The van der Waals surface area contributed by atoms with Gasteiger partial charge in [-0.2, -0.15) is 0 Å². The molecule has 2 rings (SSSR count). The van der Waals surface area contributed by atoms with E-state index in [0.717, 1.165) is 13.0 Å². The van der Waals surface area contributed by atoms with Gasteiger partial charge in [0.1, 0.15) is 0 Å². The van der Waals surface area contributed by atoms with E-state index < -0.39 is 0 Å². The largest absolute Gasteiger partial charge is 0.370 e. The monoisotopic (exact) mass is 387 g/mol. The third kappa shape index (κ3) is 5.69. The van der Waals surface area contributed by atoms with E-state index in [1.807, 2.05) is 0 Å². The van der Waals surface area contributed by atoms with Crippen LogP contribution in [-0.4, -0.2) is 18.5 Å². The van der Waals surface area contributed by atoms with Crippen molar-refractivity contribution >= 4 is 29.9 Å². The van der Waals surface area contributed by atoms with Gasteiger partial charge in [0.15, 0.2) is 5.96 Å². The second-order valence-corrected chi connectivity index (χ2v) is 6.38. The van der Waals surface area contributed by atoms with Crippen LogP contribution in [0, 0.1) is 0 Å². The maximum Gasteiger partial charge on any atom is 0.188 e. The van der Waals surface area contributed by atoms with Gasteiger partial charge >= 0.3 is 0 Å². The van der Waals surface area contributed by atoms with Crippen molar-refractivity contribution in [3.8, 4) is 0 Å². The average molecular weight is 387 g/mol. The van der Waals surface area contributed by atoms with Crippen LogP contribution in [0.15, 0.2) is 29.3 Å². The second-order valence-electron chi connectivity index (χ2n) is 6.38. The Morgan fingerprint density at radius 1 is 1.25 bits per heavy atom. The molecular weight excluding hydrogens is 361 g/mol. The number of hydrogen-bond acceptors (Lipinski definition) is 1. The molecule has 0 bridgehead atoms. The summed E-state index contributed by atoms with van der Waals surface area (Å²) >= 11 is 0. The summed E-state index contributed by atoms with van der Waals surface area (Å²) in [7, 11) is 0. The van der Waals surface area contributed by atoms with E-state index in [1.165, 1.54) is 24.0 Å². The fraction of sp³-hybridized carbons (Fsp3) is 0.562. The summed E-state index contributed by atoms with van der Waals surface area (Å²) in [6, 6.07) is 9.39. The minimum atomic E-state index is 0. The van der Waals surface area contributed by atoms with Gasteiger partial charge < -0.3 is 11.1 Å². The number of hydrogen-bond donors (Lipinski definition) is 2. The smallest absolute Gasteiger partial charge is 0.188 e. The third-order valence-electron chi connectivity index (χ3n) is 3.43. The molecule has 3 N–H and O–H groups in total. The summed E-state index contributed by atoms with van der Waals surface area (Å²) in [5.41, 5.74) is 8.70. The van der Waals surface area contributed by atoms with Crippen molar-refractivity contribution in [3.63, 3.8) is 0 Å². The lowest BCUT2D eigenvalue weighted by molar-refractivity contribution is 0.590. The molecular formula is C16H26IN3. The molecule has 112 valence electrons. The predicted octanol–water partition coefficient (Wildman–Crippen LogP) is 3.21. The Morgan fingerprint density at radius 2 is 1.85 bits per heavy atom. The highest BCUT2D eigenvalue weighted by molar-refractivity contribution is 14.0. The Morgan fingerprint density at radius 3 is 2.35 bits per heavy atom. The number of guanidine groups is 1. The van der Waals surface area contributed by atoms with Gasteiger partial charge in [-0.3, -0.25) is 4.99 Å². The van der Waals surface area contributed by atoms with Crippen LogP contribution in [0.3, 0.4) is 0 Å². The molecule has 1 saturated carbocycles. The van der Waals surface area contributed by atoms with E-state index in [1.54, 1.807) is 0 Å². The van der Waals surface area contributed by atoms with Gasteiger partial charge in [0.2, 0.25) is 0 Å². The Kier molecular flexibility index (Phi) is 6.30. The average Bonchev–Trinajstić information content (AvgIpc) is 3.12. The maximum atomic E-state index is 5.80. The molecule has 3 nitrogen and oxygen atoms in total. The Bertz CT molecular complexity index is 442. The quantitative estimate of drug-likeness (QED) is 0.474. The van der Waals surface area contributed by atoms with Gasteiger partial charge in [-0.15, -0.1) is 24.0 Å². The molecule has 1 aliphatic rings. The number of nitrogens with one attached hydrogen (secondary N) is 1. The summed E-state index contributed by atoms with van der Waals surface area (Å²) in [5.74, 6) is 0.591. The van der Waals surface area contributed by atoms with Crippen molar-refractivity contribution in [1.82, 2.24) is 5.32 Å². The van der Waals surface area contributed by atoms with E-state index in [4.69, 9.17) is 5.73 Å². The van der Waals surface area contributed by atoms with E-state index in [0.29, 0.717) is 12.0 Å². The van der Waals surface area contributed by atoms with Gasteiger partial charge in [-0.05, 0) is 35.8 Å². The number of benzene rings is 1. The van der Waals surface area contributed by atoms with Crippen molar-refractivity contribution in [1.29, 1.82) is 0 Å². The summed E-state index contributed by atoms with van der Waals surface area (Å²) in [5, 5.41) is 3.20. The SMILES string of the molecule is CC(C)(C)c1ccc(CCN=C(N)NC2CC2)cc1.I. The minimum absolute atomic E-state index is 0. The first-order chi connectivity index (χ1) is 8.95. The highest BCUT2D eigenvalue weighted by Crippen LogP contribution is 2.22. The zero-order valence-corrected chi connectivity index (χ0v) is 15.0. The van der Waals surface area contributed by atoms with Crippen LogP contribution < -0.4 is 11.1 Å². The lowest BCUT2D eigenvalue weighted by Crippen LogP contribution is -2.33. The summed E-state index contributed by atoms with van der Waals surface area (Å²) in [6.45, 7) is 7.45. The third-order valence-corrected chi connectivity index (χ3v) is 3.43. The molecule has 0 saturated heterocycles. The highest BCUT2D eigenvalue weighted by Gasteiger charge is 2.21. The summed E-state index contributed by atoms with van der Waals surface area (Å²) in [4.78, 5) is 4.35. The van der Waals surface area contributed by atoms with Gasteiger partial charge in [0, 0.05) is 12.6 Å². The van der Waals surface area contributed by atoms with Crippen molar-refractivity contribution in [2.45, 2.75) is 51.5 Å². The fourth-order valence-corrected chi connectivity index (χ4v) is 1.96. The number of halogens is 1. The number of nitrogens with zero attached hydrogens (tertiary/aromatic N) is 1. The zero-order chi connectivity index (χ0) is 13.9. The van der Waals surface area contributed by atoms with E-state index in [9.17, 15) is 0 Å². The van der Waals surface area contributed by atoms with Crippen LogP contribution in [-0.2, 0) is 11.8 Å². The van der Waals surface area contributed by atoms with Crippen LogP contribution in [0.5, 0.6) is 0 Å². The van der Waals surface area contributed by atoms with Gasteiger partial charge in [0.25, 0.3) is 0 Å². The van der Waals surface area contributed by atoms with Crippen molar-refractivity contribution in [2.75, 3.05) is 6.54 Å². The van der Waals surface area contributed by atoms with Crippen LogP contribution in [0.25, 0.3) is 0 Å². The number of nitrogens with two attached hydrogens (primary N) is 1. The molecule has 1 aromatic carbocycles. The van der Waals surface area contributed by atoms with E-state index >= 15 is 0 Å². The lowest BCUT2D eigenvalue weighted by Gasteiger charge is -2.19. The molecule has 1 aliphatic carbocycles. The van der Waals surface area contributed by atoms with Gasteiger partial charge in [-0.25, -0.2) is 0 Å². The molecule has 0 amide bonds. The van der Waals surface area contributed by atoms with Crippen molar-refractivity contribution in [3.05, 3.63) is 35.4 Å². The lowest BCUT2D eigenvalue weighted by atomic mass is 9.86. The first-order valence-corrected chi connectivity index (χ1v) is 7.11. The zero-order valence-electron chi connectivity index (χ0n) is 12.6. The van der Waals surface area contributed by atoms with Gasteiger partial charge in [0.05, 0.1) is 0 Å². The molecule has 1 aromatic rings. The Hall–Kier alpha value is -0.780. The molecule has 20 heavy (non-hydrogen) atoms. The molecule has 0 unspecified atom stereocenters. The number of aliphatic imine (C=N–C) groups is 1. The van der Waals surface area contributed by atoms with Gasteiger partial charge in [-0.1, -0.05) is 45.0 Å².